The number of carbonyl (C=O) groups excluding carboxylic acids is 1. The van der Waals surface area contributed by atoms with Gasteiger partial charge in [0.1, 0.15) is 5.60 Å². The Bertz CT molecular complexity index is 698. The van der Waals surface area contributed by atoms with Crippen molar-refractivity contribution >= 4 is 12.1 Å². The van der Waals surface area contributed by atoms with Gasteiger partial charge in [0.2, 0.25) is 0 Å². The molecule has 9 nitrogen and oxygen atoms in total. The van der Waals surface area contributed by atoms with Crippen LogP contribution in [0.15, 0.2) is 15.8 Å². The van der Waals surface area contributed by atoms with E-state index in [0.29, 0.717) is 0 Å². The molecule has 3 N–H and O–H groups in total. The predicted molar refractivity (Wildman–Crippen MR) is 81.4 cm³/mol. The molecule has 0 aliphatic carbocycles. The number of rotatable bonds is 5. The Morgan fingerprint density at radius 2 is 2.00 bits per heavy atom. The molecule has 1 atom stereocenters. The zero-order valence-corrected chi connectivity index (χ0v) is 13.5. The molecule has 1 amide bonds. The summed E-state index contributed by atoms with van der Waals surface area (Å²) < 4.78 is 6.11. The van der Waals surface area contributed by atoms with E-state index in [1.165, 1.54) is 13.1 Å². The standard InChI is InChI=1S/C14H21N3O6/c1-8-6-17(12(21)16-10(8)18)7-9(11(19)20)5-15-13(22)23-14(2,3)4/h6,9H,5,7H2,1-4H3,(H,15,22)(H,19,20)(H,16,18,21). The normalized spacial score (nSPS) is 12.5. The lowest BCUT2D eigenvalue weighted by atomic mass is 10.1. The van der Waals surface area contributed by atoms with Gasteiger partial charge in [-0.05, 0) is 27.7 Å². The van der Waals surface area contributed by atoms with Crippen molar-refractivity contribution in [2.45, 2.75) is 39.8 Å². The van der Waals surface area contributed by atoms with Crippen LogP contribution in [0.1, 0.15) is 26.3 Å². The van der Waals surface area contributed by atoms with E-state index in [1.54, 1.807) is 20.8 Å². The van der Waals surface area contributed by atoms with Gasteiger partial charge in [-0.1, -0.05) is 0 Å². The van der Waals surface area contributed by atoms with Crippen LogP contribution in [0.3, 0.4) is 0 Å². The molecule has 0 fully saturated rings. The van der Waals surface area contributed by atoms with Crippen LogP contribution in [0.2, 0.25) is 0 Å². The van der Waals surface area contributed by atoms with Gasteiger partial charge in [0.15, 0.2) is 0 Å². The molecule has 0 bridgehead atoms. The summed E-state index contributed by atoms with van der Waals surface area (Å²) >= 11 is 0. The van der Waals surface area contributed by atoms with Crippen LogP contribution >= 0.6 is 0 Å². The lowest BCUT2D eigenvalue weighted by Gasteiger charge is -2.21. The van der Waals surface area contributed by atoms with E-state index in [1.807, 2.05) is 0 Å². The van der Waals surface area contributed by atoms with Crippen LogP contribution in [-0.2, 0) is 16.1 Å². The molecular weight excluding hydrogens is 306 g/mol. The van der Waals surface area contributed by atoms with E-state index in [9.17, 15) is 24.3 Å². The molecule has 128 valence electrons. The zero-order chi connectivity index (χ0) is 17.8. The first kappa shape index (κ1) is 18.5. The Kier molecular flexibility index (Phi) is 5.72. The number of amides is 1. The third-order valence-electron chi connectivity index (χ3n) is 2.85. The van der Waals surface area contributed by atoms with E-state index >= 15 is 0 Å². The van der Waals surface area contributed by atoms with Crippen LogP contribution in [-0.4, -0.2) is 38.9 Å². The smallest absolute Gasteiger partial charge is 0.407 e. The summed E-state index contributed by atoms with van der Waals surface area (Å²) in [5.41, 5.74) is -1.64. The second kappa shape index (κ2) is 7.12. The van der Waals surface area contributed by atoms with Crippen LogP contribution in [0.5, 0.6) is 0 Å². The van der Waals surface area contributed by atoms with Gasteiger partial charge in [-0.2, -0.15) is 0 Å². The Balaban J connectivity index is 2.79. The highest BCUT2D eigenvalue weighted by molar-refractivity contribution is 5.72. The second-order valence-electron chi connectivity index (χ2n) is 6.14. The quantitative estimate of drug-likeness (QED) is 0.701. The van der Waals surface area contributed by atoms with Crippen LogP contribution in [0, 0.1) is 12.8 Å². The van der Waals surface area contributed by atoms with Gasteiger partial charge in [-0.3, -0.25) is 19.1 Å². The predicted octanol–water partition coefficient (Wildman–Crippen LogP) is 0.0705. The van der Waals surface area contributed by atoms with Crippen molar-refractivity contribution in [2.75, 3.05) is 6.54 Å². The number of aryl methyl sites for hydroxylation is 1. The van der Waals surface area contributed by atoms with Crippen molar-refractivity contribution in [3.63, 3.8) is 0 Å². The van der Waals surface area contributed by atoms with Gasteiger partial charge in [0, 0.05) is 24.8 Å². The van der Waals surface area contributed by atoms with Crippen molar-refractivity contribution in [1.82, 2.24) is 14.9 Å². The van der Waals surface area contributed by atoms with Crippen LogP contribution in [0.4, 0.5) is 4.79 Å². The maximum atomic E-state index is 11.7. The molecule has 0 radical (unpaired) electrons. The van der Waals surface area contributed by atoms with Gasteiger partial charge >= 0.3 is 17.8 Å². The maximum absolute atomic E-state index is 11.7. The SMILES string of the molecule is Cc1cn(CC(CNC(=O)OC(C)(C)C)C(=O)O)c(=O)[nH]c1=O. The number of nitrogens with one attached hydrogen (secondary N) is 2. The van der Waals surface area contributed by atoms with Crippen molar-refractivity contribution in [2.24, 2.45) is 5.92 Å². The molecule has 1 rings (SSSR count). The number of hydrogen-bond acceptors (Lipinski definition) is 5. The number of hydrogen-bond donors (Lipinski definition) is 3. The Labute approximate surface area is 132 Å². The molecule has 0 aromatic carbocycles. The second-order valence-corrected chi connectivity index (χ2v) is 6.14. The van der Waals surface area contributed by atoms with Crippen molar-refractivity contribution in [3.8, 4) is 0 Å². The molecule has 23 heavy (non-hydrogen) atoms. The third-order valence-corrected chi connectivity index (χ3v) is 2.85. The highest BCUT2D eigenvalue weighted by Crippen LogP contribution is 2.07. The molecule has 0 aliphatic rings. The highest BCUT2D eigenvalue weighted by Gasteiger charge is 2.22. The number of aromatic nitrogens is 2. The van der Waals surface area contributed by atoms with Gasteiger partial charge in [-0.25, -0.2) is 9.59 Å². The molecule has 1 aromatic heterocycles. The highest BCUT2D eigenvalue weighted by atomic mass is 16.6. The summed E-state index contributed by atoms with van der Waals surface area (Å²) in [6.45, 7) is 6.15. The monoisotopic (exact) mass is 327 g/mol. The minimum atomic E-state index is -1.18. The molecule has 1 heterocycles. The number of carboxylic acid groups (broad SMARTS) is 1. The number of carboxylic acids is 1. The average Bonchev–Trinajstić information content (AvgIpc) is 2.37. The van der Waals surface area contributed by atoms with Crippen molar-refractivity contribution in [3.05, 3.63) is 32.6 Å². The molecule has 9 heteroatoms. The molecule has 0 saturated heterocycles. The van der Waals surface area contributed by atoms with Gasteiger partial charge in [-0.15, -0.1) is 0 Å². The number of ether oxygens (including phenoxy) is 1. The first-order chi connectivity index (χ1) is 10.5. The molecule has 1 aromatic rings. The first-order valence-electron chi connectivity index (χ1n) is 6.99. The third kappa shape index (κ3) is 5.97. The van der Waals surface area contributed by atoms with E-state index < -0.39 is 34.8 Å². The molecule has 0 saturated carbocycles. The molecule has 1 unspecified atom stereocenters. The van der Waals surface area contributed by atoms with Gasteiger partial charge in [0.25, 0.3) is 5.56 Å². The van der Waals surface area contributed by atoms with E-state index in [0.717, 1.165) is 4.57 Å². The number of aromatic amines is 1. The first-order valence-corrected chi connectivity index (χ1v) is 6.99. The fourth-order valence-corrected chi connectivity index (χ4v) is 1.74. The topological polar surface area (TPSA) is 130 Å². The summed E-state index contributed by atoms with van der Waals surface area (Å²) in [6, 6.07) is 0. The number of nitrogens with zero attached hydrogens (tertiary/aromatic N) is 1. The zero-order valence-electron chi connectivity index (χ0n) is 13.5. The number of aliphatic carboxylic acids is 1. The fourth-order valence-electron chi connectivity index (χ4n) is 1.74. The fraction of sp³-hybridized carbons (Fsp3) is 0.571. The molecule has 0 aliphatic heterocycles. The Morgan fingerprint density at radius 3 is 2.52 bits per heavy atom. The van der Waals surface area contributed by atoms with Crippen LogP contribution in [0.25, 0.3) is 0 Å². The number of carbonyl (C=O) groups is 2. The summed E-state index contributed by atoms with van der Waals surface area (Å²) in [7, 11) is 0. The number of H-pyrrole nitrogens is 1. The largest absolute Gasteiger partial charge is 0.481 e. The summed E-state index contributed by atoms with van der Waals surface area (Å²) in [4.78, 5) is 47.9. The Morgan fingerprint density at radius 1 is 1.39 bits per heavy atom. The lowest BCUT2D eigenvalue weighted by Crippen LogP contribution is -2.40. The van der Waals surface area contributed by atoms with E-state index in [4.69, 9.17) is 4.74 Å². The van der Waals surface area contributed by atoms with Crippen molar-refractivity contribution < 1.29 is 19.4 Å². The summed E-state index contributed by atoms with van der Waals surface area (Å²) in [6.07, 6.45) is 0.540. The maximum Gasteiger partial charge on any atom is 0.407 e. The van der Waals surface area contributed by atoms with Gasteiger partial charge < -0.3 is 15.2 Å². The van der Waals surface area contributed by atoms with Gasteiger partial charge in [0.05, 0.1) is 5.92 Å². The molecule has 0 spiro atoms. The number of alkyl carbamates (subject to hydrolysis) is 1. The summed E-state index contributed by atoms with van der Waals surface area (Å²) in [5.74, 6) is -2.23. The van der Waals surface area contributed by atoms with Crippen molar-refractivity contribution in [1.29, 1.82) is 0 Å². The minimum absolute atomic E-state index is 0.193. The van der Waals surface area contributed by atoms with Crippen LogP contribution < -0.4 is 16.6 Å². The minimum Gasteiger partial charge on any atom is -0.481 e. The lowest BCUT2D eigenvalue weighted by molar-refractivity contribution is -0.142. The van der Waals surface area contributed by atoms with E-state index in [-0.39, 0.29) is 18.7 Å². The Hall–Kier alpha value is -2.58. The average molecular weight is 327 g/mol. The molecular formula is C14H21N3O6. The van der Waals surface area contributed by atoms with E-state index in [2.05, 4.69) is 10.3 Å². The summed E-state index contributed by atoms with van der Waals surface area (Å²) in [5, 5.41) is 11.6.